The molecule has 2 atom stereocenters. The lowest BCUT2D eigenvalue weighted by molar-refractivity contribution is -0.147. The largest absolute Gasteiger partial charge is 0.464 e. The maximum atomic E-state index is 13.2. The Morgan fingerprint density at radius 3 is 2.52 bits per heavy atom. The van der Waals surface area contributed by atoms with E-state index >= 15 is 0 Å². The fourth-order valence-corrected chi connectivity index (χ4v) is 4.99. The maximum Gasteiger partial charge on any atom is 0.328 e. The van der Waals surface area contributed by atoms with Crippen LogP contribution in [0.3, 0.4) is 0 Å². The van der Waals surface area contributed by atoms with Gasteiger partial charge in [0.05, 0.1) is 6.61 Å². The Balaban J connectivity index is 1.79. The third-order valence-corrected chi connectivity index (χ3v) is 6.51. The minimum Gasteiger partial charge on any atom is -0.464 e. The first kappa shape index (κ1) is 23.4. The number of aryl methyl sites for hydroxylation is 1. The van der Waals surface area contributed by atoms with Crippen LogP contribution >= 0.6 is 0 Å². The van der Waals surface area contributed by atoms with Crippen LogP contribution < -0.4 is 10.6 Å². The molecule has 2 radical (unpaired) electrons. The van der Waals surface area contributed by atoms with Crippen molar-refractivity contribution >= 4 is 25.5 Å². The molecule has 0 aliphatic heterocycles. The molecular formula is C24H33BN2O4. The second-order valence-corrected chi connectivity index (χ2v) is 8.66. The summed E-state index contributed by atoms with van der Waals surface area (Å²) in [5.74, 6) is -1.52. The van der Waals surface area contributed by atoms with E-state index < -0.39 is 23.9 Å². The van der Waals surface area contributed by atoms with Crippen LogP contribution in [0, 0.1) is 5.92 Å². The molecule has 0 heterocycles. The fraction of sp³-hybridized carbons (Fsp3) is 0.625. The van der Waals surface area contributed by atoms with Crippen molar-refractivity contribution in [3.8, 4) is 0 Å². The lowest BCUT2D eigenvalue weighted by Gasteiger charge is -2.31. The average Bonchev–Trinajstić information content (AvgIpc) is 2.77. The summed E-state index contributed by atoms with van der Waals surface area (Å²) >= 11 is 0. The summed E-state index contributed by atoms with van der Waals surface area (Å²) in [6, 6.07) is 4.65. The van der Waals surface area contributed by atoms with Crippen LogP contribution in [0.4, 0.5) is 4.79 Å². The van der Waals surface area contributed by atoms with Crippen molar-refractivity contribution in [2.45, 2.75) is 83.2 Å². The molecular weight excluding hydrogens is 391 g/mol. The van der Waals surface area contributed by atoms with Crippen molar-refractivity contribution in [3.05, 3.63) is 34.9 Å². The molecule has 1 saturated carbocycles. The SMILES string of the molecule is [B]C(=O)N[C@H](C(=O)N[C@@H](Cc1cccc2c1CCCC2)C(=O)OCC)C1CCCCC1. The van der Waals surface area contributed by atoms with Gasteiger partial charge in [-0.3, -0.25) is 9.59 Å². The van der Waals surface area contributed by atoms with E-state index in [1.165, 1.54) is 17.5 Å². The first-order valence-electron chi connectivity index (χ1n) is 11.6. The average molecular weight is 424 g/mol. The zero-order valence-corrected chi connectivity index (χ0v) is 18.5. The van der Waals surface area contributed by atoms with E-state index in [2.05, 4.69) is 16.7 Å². The number of rotatable bonds is 8. The fourth-order valence-electron chi connectivity index (χ4n) is 4.99. The summed E-state index contributed by atoms with van der Waals surface area (Å²) in [7, 11) is 5.35. The lowest BCUT2D eigenvalue weighted by atomic mass is 9.82. The standard InChI is InChI=1S/C24H33BN2O4/c1-2-31-23(29)20(15-18-13-8-12-16-9-6-7-14-19(16)18)26-22(28)21(27-24(25)30)17-10-4-3-5-11-17/h8,12-13,17,20-21H,2-7,9-11,14-15H2,1H3,(H,26,28)(H,27,30)/t20-,21-/m0/s1. The molecule has 7 heteroatoms. The summed E-state index contributed by atoms with van der Waals surface area (Å²) < 4.78 is 5.26. The zero-order chi connectivity index (χ0) is 22.2. The van der Waals surface area contributed by atoms with E-state index in [0.29, 0.717) is 6.42 Å². The van der Waals surface area contributed by atoms with Gasteiger partial charge in [0.1, 0.15) is 12.1 Å². The van der Waals surface area contributed by atoms with Crippen molar-refractivity contribution in [2.75, 3.05) is 6.61 Å². The number of fused-ring (bicyclic) bond motifs is 1. The molecule has 2 aliphatic carbocycles. The Morgan fingerprint density at radius 1 is 1.06 bits per heavy atom. The van der Waals surface area contributed by atoms with Gasteiger partial charge in [0.25, 0.3) is 0 Å². The van der Waals surface area contributed by atoms with Gasteiger partial charge < -0.3 is 15.4 Å². The minimum absolute atomic E-state index is 0.0218. The van der Waals surface area contributed by atoms with Crippen LogP contribution in [0.5, 0.6) is 0 Å². The number of nitrogens with one attached hydrogen (secondary N) is 2. The van der Waals surface area contributed by atoms with Crippen molar-refractivity contribution in [3.63, 3.8) is 0 Å². The number of carbonyl (C=O) groups is 3. The monoisotopic (exact) mass is 424 g/mol. The number of hydrogen-bond acceptors (Lipinski definition) is 4. The number of esters is 1. The Hall–Kier alpha value is -2.31. The summed E-state index contributed by atoms with van der Waals surface area (Å²) in [5.41, 5.74) is 3.69. The van der Waals surface area contributed by atoms with Crippen LogP contribution in [0.15, 0.2) is 18.2 Å². The highest BCUT2D eigenvalue weighted by Gasteiger charge is 2.33. The summed E-state index contributed by atoms with van der Waals surface area (Å²) in [4.78, 5) is 37.5. The van der Waals surface area contributed by atoms with Gasteiger partial charge in [-0.2, -0.15) is 0 Å². The van der Waals surface area contributed by atoms with Gasteiger partial charge in [-0.1, -0.05) is 37.5 Å². The van der Waals surface area contributed by atoms with Gasteiger partial charge in [0.15, 0.2) is 5.81 Å². The molecule has 2 aliphatic rings. The van der Waals surface area contributed by atoms with E-state index in [4.69, 9.17) is 12.6 Å². The summed E-state index contributed by atoms with van der Waals surface area (Å²) in [6.07, 6.45) is 9.60. The predicted octanol–water partition coefficient (Wildman–Crippen LogP) is 2.98. The van der Waals surface area contributed by atoms with E-state index in [1.54, 1.807) is 6.92 Å². The molecule has 3 rings (SSSR count). The van der Waals surface area contributed by atoms with Gasteiger partial charge in [-0.05, 0) is 68.1 Å². The number of amides is 2. The minimum atomic E-state index is -0.804. The predicted molar refractivity (Wildman–Crippen MR) is 120 cm³/mol. The molecule has 31 heavy (non-hydrogen) atoms. The first-order valence-corrected chi connectivity index (χ1v) is 11.6. The molecule has 0 aromatic heterocycles. The molecule has 0 saturated heterocycles. The lowest BCUT2D eigenvalue weighted by Crippen LogP contribution is -2.55. The van der Waals surface area contributed by atoms with Gasteiger partial charge in [0, 0.05) is 6.42 Å². The van der Waals surface area contributed by atoms with Crippen molar-refractivity contribution in [1.29, 1.82) is 0 Å². The number of benzene rings is 1. The highest BCUT2D eigenvalue weighted by molar-refractivity contribution is 6.57. The topological polar surface area (TPSA) is 84.5 Å². The maximum absolute atomic E-state index is 13.2. The van der Waals surface area contributed by atoms with E-state index in [9.17, 15) is 14.4 Å². The molecule has 2 amide bonds. The Bertz CT molecular complexity index is 792. The highest BCUT2D eigenvalue weighted by atomic mass is 16.5. The van der Waals surface area contributed by atoms with Crippen molar-refractivity contribution in [2.24, 2.45) is 5.92 Å². The van der Waals surface area contributed by atoms with Crippen LogP contribution in [0.1, 0.15) is 68.6 Å². The number of carbonyl (C=O) groups excluding carboxylic acids is 3. The molecule has 2 N–H and O–H groups in total. The van der Waals surface area contributed by atoms with Crippen molar-refractivity contribution in [1.82, 2.24) is 10.6 Å². The van der Waals surface area contributed by atoms with E-state index in [1.807, 2.05) is 12.1 Å². The zero-order valence-electron chi connectivity index (χ0n) is 18.5. The Labute approximate surface area is 186 Å². The van der Waals surface area contributed by atoms with Gasteiger partial charge >= 0.3 is 5.97 Å². The number of ether oxygens (including phenoxy) is 1. The second-order valence-electron chi connectivity index (χ2n) is 8.66. The molecule has 6 nitrogen and oxygen atoms in total. The smallest absolute Gasteiger partial charge is 0.328 e. The second kappa shape index (κ2) is 11.4. The van der Waals surface area contributed by atoms with Gasteiger partial charge in [-0.15, -0.1) is 0 Å². The molecule has 1 aromatic carbocycles. The van der Waals surface area contributed by atoms with Crippen molar-refractivity contribution < 1.29 is 19.1 Å². The number of hydrogen-bond donors (Lipinski definition) is 2. The normalized spacial score (nSPS) is 18.4. The molecule has 1 fully saturated rings. The van der Waals surface area contributed by atoms with Crippen LogP contribution in [-0.2, 0) is 33.6 Å². The van der Waals surface area contributed by atoms with Crippen LogP contribution in [0.25, 0.3) is 0 Å². The third-order valence-electron chi connectivity index (χ3n) is 6.51. The molecule has 1 aromatic rings. The summed E-state index contributed by atoms with van der Waals surface area (Å²) in [6.45, 7) is 1.99. The molecule has 0 bridgehead atoms. The highest BCUT2D eigenvalue weighted by Crippen LogP contribution is 2.28. The van der Waals surface area contributed by atoms with Crippen LogP contribution in [0.2, 0.25) is 0 Å². The van der Waals surface area contributed by atoms with Crippen LogP contribution in [-0.4, -0.2) is 44.2 Å². The molecule has 0 unspecified atom stereocenters. The molecule has 166 valence electrons. The van der Waals surface area contributed by atoms with Gasteiger partial charge in [0.2, 0.25) is 13.8 Å². The quantitative estimate of drug-likeness (QED) is 0.497. The third kappa shape index (κ3) is 6.34. The van der Waals surface area contributed by atoms with E-state index in [0.717, 1.165) is 56.9 Å². The Morgan fingerprint density at radius 2 is 1.81 bits per heavy atom. The van der Waals surface area contributed by atoms with E-state index in [-0.39, 0.29) is 18.4 Å². The summed E-state index contributed by atoms with van der Waals surface area (Å²) in [5, 5.41) is 5.49. The van der Waals surface area contributed by atoms with Gasteiger partial charge in [-0.25, -0.2) is 4.79 Å². The Kier molecular flexibility index (Phi) is 8.55. The first-order chi connectivity index (χ1) is 15.0. The molecule has 0 spiro atoms.